The van der Waals surface area contributed by atoms with Crippen LogP contribution in [0.3, 0.4) is 0 Å². The Balaban J connectivity index is 2.33. The van der Waals surface area contributed by atoms with Crippen molar-refractivity contribution in [3.63, 3.8) is 0 Å². The number of rotatable bonds is 1. The van der Waals surface area contributed by atoms with Crippen LogP contribution in [0.2, 0.25) is 0 Å². The lowest BCUT2D eigenvalue weighted by molar-refractivity contribution is 0.316. The predicted octanol–water partition coefficient (Wildman–Crippen LogP) is 1.33. The minimum Gasteiger partial charge on any atom is -0.367 e. The van der Waals surface area contributed by atoms with Crippen LogP contribution in [0.5, 0.6) is 0 Å². The molecule has 13 heavy (non-hydrogen) atoms. The number of nitrogens with zero attached hydrogens (tertiary/aromatic N) is 2. The fourth-order valence-corrected chi connectivity index (χ4v) is 2.07. The number of nitrogen functional groups attached to an aromatic ring is 1. The van der Waals surface area contributed by atoms with Crippen LogP contribution in [-0.2, 0) is 0 Å². The summed E-state index contributed by atoms with van der Waals surface area (Å²) in [6, 6.07) is 0.409. The van der Waals surface area contributed by atoms with Gasteiger partial charge in [0.1, 0.15) is 0 Å². The third kappa shape index (κ3) is 1.31. The molecule has 2 rings (SSSR count). The first-order valence-corrected chi connectivity index (χ1v) is 4.62. The molecule has 1 aliphatic heterocycles. The number of hydrogen-bond acceptors (Lipinski definition) is 4. The van der Waals surface area contributed by atoms with Crippen molar-refractivity contribution >= 4 is 5.88 Å². The van der Waals surface area contributed by atoms with Crippen LogP contribution in [0.1, 0.15) is 30.1 Å². The highest BCUT2D eigenvalue weighted by atomic mass is 16.5. The molecule has 2 N–H and O–H groups in total. The summed E-state index contributed by atoms with van der Waals surface area (Å²) < 4.78 is 4.96. The summed E-state index contributed by atoms with van der Waals surface area (Å²) in [5, 5.41) is 3.87. The maximum absolute atomic E-state index is 5.73. The second-order valence-corrected chi connectivity index (χ2v) is 3.68. The van der Waals surface area contributed by atoms with Gasteiger partial charge >= 0.3 is 0 Å². The Labute approximate surface area is 77.7 Å². The second kappa shape index (κ2) is 3.03. The molecule has 0 spiro atoms. The summed E-state index contributed by atoms with van der Waals surface area (Å²) in [7, 11) is 2.11. The predicted molar refractivity (Wildman–Crippen MR) is 50.3 cm³/mol. The van der Waals surface area contributed by atoms with Gasteiger partial charge in [-0.3, -0.25) is 4.90 Å². The van der Waals surface area contributed by atoms with E-state index in [4.69, 9.17) is 10.3 Å². The third-order valence-electron chi connectivity index (χ3n) is 2.79. The molecule has 0 radical (unpaired) electrons. The zero-order valence-corrected chi connectivity index (χ0v) is 8.08. The van der Waals surface area contributed by atoms with Gasteiger partial charge in [0.2, 0.25) is 5.88 Å². The molecule has 1 aromatic rings. The molecule has 1 unspecified atom stereocenters. The van der Waals surface area contributed by atoms with Gasteiger partial charge in [0.05, 0.1) is 11.3 Å². The van der Waals surface area contributed by atoms with E-state index in [1.54, 1.807) is 0 Å². The van der Waals surface area contributed by atoms with E-state index in [2.05, 4.69) is 17.1 Å². The van der Waals surface area contributed by atoms with Crippen molar-refractivity contribution in [1.82, 2.24) is 10.1 Å². The average Bonchev–Trinajstić information content (AvgIpc) is 2.60. The van der Waals surface area contributed by atoms with Crippen LogP contribution in [0.15, 0.2) is 4.52 Å². The summed E-state index contributed by atoms with van der Waals surface area (Å²) in [5.74, 6) is 0.483. The zero-order valence-electron chi connectivity index (χ0n) is 8.08. The molecule has 4 nitrogen and oxygen atoms in total. The van der Waals surface area contributed by atoms with E-state index in [0.29, 0.717) is 11.9 Å². The van der Waals surface area contributed by atoms with Crippen molar-refractivity contribution < 1.29 is 4.52 Å². The molecule has 0 bridgehead atoms. The van der Waals surface area contributed by atoms with E-state index in [1.165, 1.54) is 6.42 Å². The lowest BCUT2D eigenvalue weighted by Crippen LogP contribution is -2.18. The van der Waals surface area contributed by atoms with Gasteiger partial charge in [-0.25, -0.2) is 0 Å². The molecular weight excluding hydrogens is 166 g/mol. The van der Waals surface area contributed by atoms with Gasteiger partial charge in [0.25, 0.3) is 0 Å². The highest BCUT2D eigenvalue weighted by Crippen LogP contribution is 2.35. The lowest BCUT2D eigenvalue weighted by Gasteiger charge is -2.18. The summed E-state index contributed by atoms with van der Waals surface area (Å²) in [5.41, 5.74) is 7.74. The van der Waals surface area contributed by atoms with E-state index in [9.17, 15) is 0 Å². The zero-order chi connectivity index (χ0) is 9.42. The number of aromatic nitrogens is 1. The van der Waals surface area contributed by atoms with Crippen molar-refractivity contribution in [2.24, 2.45) is 0 Å². The maximum Gasteiger partial charge on any atom is 0.227 e. The Morgan fingerprint density at radius 2 is 2.38 bits per heavy atom. The van der Waals surface area contributed by atoms with Crippen LogP contribution >= 0.6 is 0 Å². The molecule has 0 amide bonds. The van der Waals surface area contributed by atoms with Gasteiger partial charge in [-0.2, -0.15) is 0 Å². The SMILES string of the molecule is Cc1noc(N)c1C1CCCN1C. The molecule has 0 saturated carbocycles. The Bertz CT molecular complexity index is 288. The molecular formula is C9H15N3O. The van der Waals surface area contributed by atoms with Crippen LogP contribution in [0, 0.1) is 6.92 Å². The quantitative estimate of drug-likeness (QED) is 0.710. The van der Waals surface area contributed by atoms with E-state index in [-0.39, 0.29) is 0 Å². The molecule has 0 aliphatic carbocycles. The Morgan fingerprint density at radius 3 is 2.85 bits per heavy atom. The van der Waals surface area contributed by atoms with Crippen LogP contribution < -0.4 is 5.73 Å². The van der Waals surface area contributed by atoms with Crippen molar-refractivity contribution in [2.75, 3.05) is 19.3 Å². The normalized spacial score (nSPS) is 24.0. The molecule has 1 aromatic heterocycles. The van der Waals surface area contributed by atoms with Gasteiger partial charge < -0.3 is 10.3 Å². The molecule has 4 heteroatoms. The number of likely N-dealkylation sites (tertiary alicyclic amines) is 1. The summed E-state index contributed by atoms with van der Waals surface area (Å²) >= 11 is 0. The summed E-state index contributed by atoms with van der Waals surface area (Å²) in [6.07, 6.45) is 2.38. The molecule has 72 valence electrons. The molecule has 0 aromatic carbocycles. The number of nitrogens with two attached hydrogens (primary N) is 1. The minimum absolute atomic E-state index is 0.409. The van der Waals surface area contributed by atoms with E-state index < -0.39 is 0 Å². The Morgan fingerprint density at radius 1 is 1.62 bits per heavy atom. The van der Waals surface area contributed by atoms with Gasteiger partial charge in [-0.1, -0.05) is 5.16 Å². The number of aryl methyl sites for hydroxylation is 1. The Hall–Kier alpha value is -1.03. The van der Waals surface area contributed by atoms with Crippen molar-refractivity contribution in [3.8, 4) is 0 Å². The Kier molecular flexibility index (Phi) is 2.00. The standard InChI is InChI=1S/C9H15N3O/c1-6-8(9(10)13-11-6)7-4-3-5-12(7)2/h7H,3-5,10H2,1-2H3. The molecule has 2 heterocycles. The highest BCUT2D eigenvalue weighted by Gasteiger charge is 2.28. The van der Waals surface area contributed by atoms with Gasteiger partial charge in [0.15, 0.2) is 0 Å². The minimum atomic E-state index is 0.409. The van der Waals surface area contributed by atoms with Crippen LogP contribution in [-0.4, -0.2) is 23.6 Å². The fraction of sp³-hybridized carbons (Fsp3) is 0.667. The first kappa shape index (κ1) is 8.56. The van der Waals surface area contributed by atoms with Gasteiger partial charge in [-0.05, 0) is 33.4 Å². The number of hydrogen-bond donors (Lipinski definition) is 1. The molecule has 1 atom stereocenters. The van der Waals surface area contributed by atoms with Crippen molar-refractivity contribution in [2.45, 2.75) is 25.8 Å². The fourth-order valence-electron chi connectivity index (χ4n) is 2.07. The number of anilines is 1. The molecule has 1 aliphatic rings. The van der Waals surface area contributed by atoms with Crippen molar-refractivity contribution in [3.05, 3.63) is 11.3 Å². The average molecular weight is 181 g/mol. The van der Waals surface area contributed by atoms with Crippen LogP contribution in [0.25, 0.3) is 0 Å². The maximum atomic E-state index is 5.73. The third-order valence-corrected chi connectivity index (χ3v) is 2.79. The first-order chi connectivity index (χ1) is 6.20. The molecule has 1 saturated heterocycles. The summed E-state index contributed by atoms with van der Waals surface area (Å²) in [6.45, 7) is 3.08. The van der Waals surface area contributed by atoms with Gasteiger partial charge in [-0.15, -0.1) is 0 Å². The first-order valence-electron chi connectivity index (χ1n) is 4.62. The van der Waals surface area contributed by atoms with E-state index in [0.717, 1.165) is 24.2 Å². The van der Waals surface area contributed by atoms with E-state index in [1.807, 2.05) is 6.92 Å². The lowest BCUT2D eigenvalue weighted by atomic mass is 10.1. The van der Waals surface area contributed by atoms with Gasteiger partial charge in [0, 0.05) is 6.04 Å². The molecule has 1 fully saturated rings. The smallest absolute Gasteiger partial charge is 0.227 e. The largest absolute Gasteiger partial charge is 0.367 e. The van der Waals surface area contributed by atoms with E-state index >= 15 is 0 Å². The second-order valence-electron chi connectivity index (χ2n) is 3.68. The highest BCUT2D eigenvalue weighted by molar-refractivity contribution is 5.41. The summed E-state index contributed by atoms with van der Waals surface area (Å²) in [4.78, 5) is 2.30. The van der Waals surface area contributed by atoms with Crippen LogP contribution in [0.4, 0.5) is 5.88 Å². The topological polar surface area (TPSA) is 55.3 Å². The van der Waals surface area contributed by atoms with Crippen molar-refractivity contribution in [1.29, 1.82) is 0 Å². The monoisotopic (exact) mass is 181 g/mol.